The highest BCUT2D eigenvalue weighted by Gasteiger charge is 2.33. The number of H-pyrrole nitrogens is 1. The predicted octanol–water partition coefficient (Wildman–Crippen LogP) is 1.16. The molecular weight excluding hydrogens is 310 g/mol. The summed E-state index contributed by atoms with van der Waals surface area (Å²) in [6.07, 6.45) is 5.42. The first-order chi connectivity index (χ1) is 11.6. The van der Waals surface area contributed by atoms with E-state index in [0.717, 1.165) is 17.8 Å². The number of rotatable bonds is 5. The molecule has 0 radical (unpaired) electrons. The van der Waals surface area contributed by atoms with E-state index in [4.69, 9.17) is 9.47 Å². The second-order valence-electron chi connectivity index (χ2n) is 5.88. The Bertz CT molecular complexity index is 704. The Morgan fingerprint density at radius 1 is 1.50 bits per heavy atom. The Morgan fingerprint density at radius 3 is 3.04 bits per heavy atom. The van der Waals surface area contributed by atoms with Crippen molar-refractivity contribution in [2.75, 3.05) is 27.3 Å². The lowest BCUT2D eigenvalue weighted by atomic mass is 10.00. The van der Waals surface area contributed by atoms with Gasteiger partial charge < -0.3 is 14.4 Å². The van der Waals surface area contributed by atoms with Gasteiger partial charge in [0.25, 0.3) is 5.91 Å². The number of aromatic nitrogens is 4. The maximum absolute atomic E-state index is 12.8. The molecule has 24 heavy (non-hydrogen) atoms. The number of hydrogen-bond donors (Lipinski definition) is 1. The van der Waals surface area contributed by atoms with Crippen molar-refractivity contribution in [2.24, 2.45) is 0 Å². The van der Waals surface area contributed by atoms with Crippen LogP contribution < -0.4 is 4.74 Å². The van der Waals surface area contributed by atoms with Gasteiger partial charge in [-0.15, -0.1) is 0 Å². The lowest BCUT2D eigenvalue weighted by Gasteiger charge is -2.24. The number of amides is 1. The van der Waals surface area contributed by atoms with Crippen molar-refractivity contribution in [1.29, 1.82) is 0 Å². The van der Waals surface area contributed by atoms with Gasteiger partial charge in [-0.25, -0.2) is 4.98 Å². The maximum Gasteiger partial charge on any atom is 0.255 e. The van der Waals surface area contributed by atoms with Crippen LogP contribution in [0.4, 0.5) is 0 Å². The number of nitrogens with one attached hydrogen (secondary N) is 1. The van der Waals surface area contributed by atoms with Gasteiger partial charge in [0, 0.05) is 37.9 Å². The van der Waals surface area contributed by atoms with Crippen LogP contribution in [0.1, 0.15) is 34.1 Å². The molecule has 8 nitrogen and oxygen atoms in total. The van der Waals surface area contributed by atoms with Crippen molar-refractivity contribution in [2.45, 2.75) is 25.4 Å². The zero-order valence-corrected chi connectivity index (χ0v) is 14.0. The molecule has 3 rings (SSSR count). The Balaban J connectivity index is 1.72. The van der Waals surface area contributed by atoms with Crippen molar-refractivity contribution in [1.82, 2.24) is 25.1 Å². The molecule has 2 atom stereocenters. The van der Waals surface area contributed by atoms with Crippen molar-refractivity contribution in [3.63, 3.8) is 0 Å². The second-order valence-corrected chi connectivity index (χ2v) is 5.88. The van der Waals surface area contributed by atoms with E-state index in [1.54, 1.807) is 31.5 Å². The molecule has 128 valence electrons. The number of nitrogens with zero attached hydrogens (tertiary/aromatic N) is 4. The minimum absolute atomic E-state index is 0.106. The molecule has 0 spiro atoms. The molecule has 3 heterocycles. The Morgan fingerprint density at radius 2 is 2.33 bits per heavy atom. The Labute approximate surface area is 140 Å². The largest absolute Gasteiger partial charge is 0.495 e. The van der Waals surface area contributed by atoms with Gasteiger partial charge in [0.2, 0.25) is 0 Å². The summed E-state index contributed by atoms with van der Waals surface area (Å²) >= 11 is 0. The van der Waals surface area contributed by atoms with Gasteiger partial charge in [-0.3, -0.25) is 14.9 Å². The molecular formula is C16H21N5O3. The zero-order chi connectivity index (χ0) is 17.1. The highest BCUT2D eigenvalue weighted by atomic mass is 16.5. The standard InChI is InChI=1S/C16H21N5O3/c1-10-12(6-17-7-13(10)23-3)16(22)21(2)8-14-11(4-5-24-14)15-18-9-19-20-15/h6-7,9,11,14H,4-5,8H2,1-3H3,(H,18,19,20)/t11-,14-/m1/s1. The molecule has 1 amide bonds. The maximum atomic E-state index is 12.8. The van der Waals surface area contributed by atoms with Crippen molar-refractivity contribution >= 4 is 5.91 Å². The molecule has 0 aliphatic carbocycles. The highest BCUT2D eigenvalue weighted by Crippen LogP contribution is 2.29. The second kappa shape index (κ2) is 6.96. The molecule has 0 bridgehead atoms. The number of likely N-dealkylation sites (N-methyl/N-ethyl adjacent to an activating group) is 1. The fourth-order valence-electron chi connectivity index (χ4n) is 3.02. The zero-order valence-electron chi connectivity index (χ0n) is 14.0. The summed E-state index contributed by atoms with van der Waals surface area (Å²) in [6, 6.07) is 0. The van der Waals surface area contributed by atoms with Crippen LogP contribution in [0.3, 0.4) is 0 Å². The summed E-state index contributed by atoms with van der Waals surface area (Å²) in [5, 5.41) is 6.80. The number of carbonyl (C=O) groups is 1. The molecule has 0 aromatic carbocycles. The minimum atomic E-state index is -0.106. The van der Waals surface area contributed by atoms with Gasteiger partial charge in [-0.1, -0.05) is 0 Å². The van der Waals surface area contributed by atoms with E-state index in [1.807, 2.05) is 6.92 Å². The van der Waals surface area contributed by atoms with Crippen LogP contribution in [0.25, 0.3) is 0 Å². The summed E-state index contributed by atoms with van der Waals surface area (Å²) in [7, 11) is 3.33. The van der Waals surface area contributed by atoms with Crippen LogP contribution in [0.5, 0.6) is 5.75 Å². The lowest BCUT2D eigenvalue weighted by molar-refractivity contribution is 0.0549. The predicted molar refractivity (Wildman–Crippen MR) is 86.0 cm³/mol. The SMILES string of the molecule is COc1cncc(C(=O)N(C)C[C@H]2OCC[C@H]2c2ncn[nH]2)c1C. The number of hydrogen-bond acceptors (Lipinski definition) is 6. The van der Waals surface area contributed by atoms with Gasteiger partial charge in [-0.2, -0.15) is 5.10 Å². The highest BCUT2D eigenvalue weighted by molar-refractivity contribution is 5.95. The third kappa shape index (κ3) is 3.09. The Hall–Kier alpha value is -2.48. The third-order valence-corrected chi connectivity index (χ3v) is 4.41. The molecule has 1 aliphatic rings. The summed E-state index contributed by atoms with van der Waals surface area (Å²) in [6.45, 7) is 2.98. The third-order valence-electron chi connectivity index (χ3n) is 4.41. The van der Waals surface area contributed by atoms with E-state index >= 15 is 0 Å². The van der Waals surface area contributed by atoms with Crippen molar-refractivity contribution in [3.8, 4) is 5.75 Å². The molecule has 1 N–H and O–H groups in total. The van der Waals surface area contributed by atoms with E-state index in [1.165, 1.54) is 6.33 Å². The van der Waals surface area contributed by atoms with Gasteiger partial charge in [-0.05, 0) is 13.3 Å². The molecule has 1 fully saturated rings. The average molecular weight is 331 g/mol. The first kappa shape index (κ1) is 16.4. The molecule has 0 saturated carbocycles. The van der Waals surface area contributed by atoms with E-state index in [-0.39, 0.29) is 17.9 Å². The molecule has 1 aliphatic heterocycles. The van der Waals surface area contributed by atoms with Crippen LogP contribution in [0.15, 0.2) is 18.7 Å². The molecule has 1 saturated heterocycles. The lowest BCUT2D eigenvalue weighted by Crippen LogP contribution is -2.36. The fourth-order valence-corrected chi connectivity index (χ4v) is 3.02. The molecule has 2 aromatic heterocycles. The first-order valence-corrected chi connectivity index (χ1v) is 7.82. The van der Waals surface area contributed by atoms with Crippen molar-refractivity contribution < 1.29 is 14.3 Å². The number of ether oxygens (including phenoxy) is 2. The van der Waals surface area contributed by atoms with Crippen LogP contribution in [0, 0.1) is 6.92 Å². The summed E-state index contributed by atoms with van der Waals surface area (Å²) in [5.41, 5.74) is 1.31. The van der Waals surface area contributed by atoms with Crippen LogP contribution >= 0.6 is 0 Å². The van der Waals surface area contributed by atoms with E-state index < -0.39 is 0 Å². The number of carbonyl (C=O) groups excluding carboxylic acids is 1. The first-order valence-electron chi connectivity index (χ1n) is 7.82. The van der Waals surface area contributed by atoms with E-state index in [2.05, 4.69) is 20.2 Å². The molecule has 8 heteroatoms. The van der Waals surface area contributed by atoms with Crippen molar-refractivity contribution in [3.05, 3.63) is 35.7 Å². The van der Waals surface area contributed by atoms with Gasteiger partial charge >= 0.3 is 0 Å². The van der Waals surface area contributed by atoms with Crippen LogP contribution in [-0.4, -0.2) is 64.4 Å². The topological polar surface area (TPSA) is 93.2 Å². The summed E-state index contributed by atoms with van der Waals surface area (Å²) in [5.74, 6) is 1.42. The fraction of sp³-hybridized carbons (Fsp3) is 0.500. The van der Waals surface area contributed by atoms with Gasteiger partial charge in [0.05, 0.1) is 25.0 Å². The van der Waals surface area contributed by atoms with Crippen LogP contribution in [0.2, 0.25) is 0 Å². The number of methoxy groups -OCH3 is 1. The monoisotopic (exact) mass is 331 g/mol. The average Bonchev–Trinajstić information content (AvgIpc) is 3.25. The van der Waals surface area contributed by atoms with E-state index in [9.17, 15) is 4.79 Å². The molecule has 2 aromatic rings. The number of pyridine rings is 1. The quantitative estimate of drug-likeness (QED) is 0.884. The molecule has 0 unspecified atom stereocenters. The summed E-state index contributed by atoms with van der Waals surface area (Å²) < 4.78 is 11.0. The van der Waals surface area contributed by atoms with E-state index in [0.29, 0.717) is 24.5 Å². The minimum Gasteiger partial charge on any atom is -0.495 e. The van der Waals surface area contributed by atoms with Gasteiger partial charge in [0.15, 0.2) is 0 Å². The smallest absolute Gasteiger partial charge is 0.255 e. The van der Waals surface area contributed by atoms with Gasteiger partial charge in [0.1, 0.15) is 17.9 Å². The number of aromatic amines is 1. The normalized spacial score (nSPS) is 20.1. The van der Waals surface area contributed by atoms with Crippen LogP contribution in [-0.2, 0) is 4.74 Å². The Kier molecular flexibility index (Phi) is 4.75. The summed E-state index contributed by atoms with van der Waals surface area (Å²) in [4.78, 5) is 22.7.